The lowest BCUT2D eigenvalue weighted by Crippen LogP contribution is -2.35. The van der Waals surface area contributed by atoms with Crippen molar-refractivity contribution in [1.82, 2.24) is 20.0 Å². The highest BCUT2D eigenvalue weighted by molar-refractivity contribution is 4.98. The van der Waals surface area contributed by atoms with E-state index in [-0.39, 0.29) is 0 Å². The molecule has 0 aliphatic carbocycles. The Morgan fingerprint density at radius 3 is 3.13 bits per heavy atom. The van der Waals surface area contributed by atoms with E-state index in [2.05, 4.69) is 28.4 Å². The van der Waals surface area contributed by atoms with E-state index >= 15 is 0 Å². The molecule has 1 aromatic rings. The minimum atomic E-state index is 0.679. The summed E-state index contributed by atoms with van der Waals surface area (Å²) in [5.41, 5.74) is 1.15. The van der Waals surface area contributed by atoms with E-state index in [0.29, 0.717) is 6.04 Å². The lowest BCUT2D eigenvalue weighted by atomic mass is 10.2. The van der Waals surface area contributed by atoms with E-state index < -0.39 is 0 Å². The molecule has 1 saturated heterocycles. The normalized spacial score (nSPS) is 21.4. The van der Waals surface area contributed by atoms with Crippen LogP contribution in [0.3, 0.4) is 0 Å². The number of aryl methyl sites for hydroxylation is 1. The molecule has 0 aromatic carbocycles. The summed E-state index contributed by atoms with van der Waals surface area (Å²) in [4.78, 5) is 2.34. The van der Waals surface area contributed by atoms with Crippen LogP contribution < -0.4 is 5.32 Å². The van der Waals surface area contributed by atoms with Gasteiger partial charge in [-0.25, -0.2) is 0 Å². The standard InChI is InChI=1S/C11H20N4/c1-14(8-10-4-3-6-12-10)9-11-5-7-15(2)13-11/h5,7,10,12H,3-4,6,8-9H2,1-2H3. The smallest absolute Gasteiger partial charge is 0.0764 e. The zero-order valence-corrected chi connectivity index (χ0v) is 9.61. The van der Waals surface area contributed by atoms with Gasteiger partial charge in [0.05, 0.1) is 5.69 Å². The molecule has 0 saturated carbocycles. The number of nitrogens with one attached hydrogen (secondary N) is 1. The second-order valence-corrected chi connectivity index (χ2v) is 4.47. The van der Waals surface area contributed by atoms with Gasteiger partial charge in [0.1, 0.15) is 0 Å². The van der Waals surface area contributed by atoms with Gasteiger partial charge in [0.25, 0.3) is 0 Å². The van der Waals surface area contributed by atoms with Crippen LogP contribution in [0.15, 0.2) is 12.3 Å². The van der Waals surface area contributed by atoms with Crippen molar-refractivity contribution in [3.63, 3.8) is 0 Å². The number of nitrogens with zero attached hydrogens (tertiary/aromatic N) is 3. The van der Waals surface area contributed by atoms with Crippen molar-refractivity contribution in [3.8, 4) is 0 Å². The number of likely N-dealkylation sites (N-methyl/N-ethyl adjacent to an activating group) is 1. The fourth-order valence-electron chi connectivity index (χ4n) is 2.18. The summed E-state index contributed by atoms with van der Waals surface area (Å²) in [6, 6.07) is 2.76. The van der Waals surface area contributed by atoms with Crippen molar-refractivity contribution in [3.05, 3.63) is 18.0 Å². The Morgan fingerprint density at radius 1 is 1.67 bits per heavy atom. The van der Waals surface area contributed by atoms with Crippen molar-refractivity contribution < 1.29 is 0 Å². The van der Waals surface area contributed by atoms with Crippen LogP contribution in [0.4, 0.5) is 0 Å². The Balaban J connectivity index is 1.78. The highest BCUT2D eigenvalue weighted by Gasteiger charge is 2.16. The lowest BCUT2D eigenvalue weighted by molar-refractivity contribution is 0.289. The van der Waals surface area contributed by atoms with Gasteiger partial charge >= 0.3 is 0 Å². The molecule has 0 radical (unpaired) electrons. The van der Waals surface area contributed by atoms with Crippen molar-refractivity contribution in [1.29, 1.82) is 0 Å². The van der Waals surface area contributed by atoms with Crippen LogP contribution in [-0.4, -0.2) is 40.9 Å². The molecule has 2 heterocycles. The first-order valence-corrected chi connectivity index (χ1v) is 5.64. The molecular formula is C11H20N4. The van der Waals surface area contributed by atoms with E-state index in [9.17, 15) is 0 Å². The van der Waals surface area contributed by atoms with E-state index in [1.54, 1.807) is 0 Å². The van der Waals surface area contributed by atoms with Gasteiger partial charge in [0.2, 0.25) is 0 Å². The maximum Gasteiger partial charge on any atom is 0.0764 e. The first-order valence-electron chi connectivity index (χ1n) is 5.64. The summed E-state index contributed by atoms with van der Waals surface area (Å²) in [5, 5.41) is 7.89. The molecule has 0 spiro atoms. The quantitative estimate of drug-likeness (QED) is 0.787. The fourth-order valence-corrected chi connectivity index (χ4v) is 2.18. The second kappa shape index (κ2) is 4.77. The lowest BCUT2D eigenvalue weighted by Gasteiger charge is -2.19. The van der Waals surface area contributed by atoms with Gasteiger partial charge in [-0.15, -0.1) is 0 Å². The molecule has 1 aliphatic rings. The van der Waals surface area contributed by atoms with Gasteiger partial charge in [0, 0.05) is 32.4 Å². The van der Waals surface area contributed by atoms with Crippen molar-refractivity contribution >= 4 is 0 Å². The summed E-state index contributed by atoms with van der Waals surface area (Å²) in [6.07, 6.45) is 4.63. The number of hydrogen-bond donors (Lipinski definition) is 1. The first kappa shape index (κ1) is 10.6. The average molecular weight is 208 g/mol. The molecule has 4 nitrogen and oxygen atoms in total. The predicted molar refractivity (Wildman–Crippen MR) is 60.6 cm³/mol. The van der Waals surface area contributed by atoms with Crippen LogP contribution in [0, 0.1) is 0 Å². The third kappa shape index (κ3) is 3.04. The Hall–Kier alpha value is -0.870. The van der Waals surface area contributed by atoms with Crippen LogP contribution in [0.1, 0.15) is 18.5 Å². The summed E-state index contributed by atoms with van der Waals surface area (Å²) in [7, 11) is 4.12. The van der Waals surface area contributed by atoms with Crippen LogP contribution >= 0.6 is 0 Å². The summed E-state index contributed by atoms with van der Waals surface area (Å²) < 4.78 is 1.86. The number of rotatable bonds is 4. The molecule has 4 heteroatoms. The Bertz CT molecular complexity index is 301. The molecule has 1 atom stereocenters. The zero-order chi connectivity index (χ0) is 10.7. The fraction of sp³-hybridized carbons (Fsp3) is 0.727. The first-order chi connectivity index (χ1) is 7.24. The molecule has 0 amide bonds. The van der Waals surface area contributed by atoms with Gasteiger partial charge in [0.15, 0.2) is 0 Å². The van der Waals surface area contributed by atoms with E-state index in [1.165, 1.54) is 19.4 Å². The topological polar surface area (TPSA) is 33.1 Å². The van der Waals surface area contributed by atoms with Crippen LogP contribution in [0.5, 0.6) is 0 Å². The Kier molecular flexibility index (Phi) is 3.38. The van der Waals surface area contributed by atoms with Crippen LogP contribution in [-0.2, 0) is 13.6 Å². The number of hydrogen-bond acceptors (Lipinski definition) is 3. The SMILES string of the molecule is CN(Cc1ccn(C)n1)CC1CCCN1. The highest BCUT2D eigenvalue weighted by atomic mass is 15.3. The molecule has 1 aliphatic heterocycles. The third-order valence-electron chi connectivity index (χ3n) is 2.90. The monoisotopic (exact) mass is 208 g/mol. The maximum absolute atomic E-state index is 4.38. The third-order valence-corrected chi connectivity index (χ3v) is 2.90. The molecular weight excluding hydrogens is 188 g/mol. The predicted octanol–water partition coefficient (Wildman–Crippen LogP) is 0.604. The van der Waals surface area contributed by atoms with Gasteiger partial charge in [-0.05, 0) is 32.5 Å². The summed E-state index contributed by atoms with van der Waals surface area (Å²) >= 11 is 0. The van der Waals surface area contributed by atoms with Gasteiger partial charge in [-0.2, -0.15) is 5.10 Å². The molecule has 2 rings (SSSR count). The van der Waals surface area contributed by atoms with Crippen LogP contribution in [0.2, 0.25) is 0 Å². The van der Waals surface area contributed by atoms with E-state index in [1.807, 2.05) is 17.9 Å². The molecule has 84 valence electrons. The average Bonchev–Trinajstić information content (AvgIpc) is 2.77. The molecule has 1 N–H and O–H groups in total. The maximum atomic E-state index is 4.38. The minimum Gasteiger partial charge on any atom is -0.313 e. The van der Waals surface area contributed by atoms with Crippen molar-refractivity contribution in [2.45, 2.75) is 25.4 Å². The molecule has 1 fully saturated rings. The van der Waals surface area contributed by atoms with Gasteiger partial charge in [-0.1, -0.05) is 0 Å². The van der Waals surface area contributed by atoms with Gasteiger partial charge < -0.3 is 5.32 Å². The molecule has 0 bridgehead atoms. The number of aromatic nitrogens is 2. The van der Waals surface area contributed by atoms with Crippen LogP contribution in [0.25, 0.3) is 0 Å². The molecule has 1 aromatic heterocycles. The van der Waals surface area contributed by atoms with E-state index in [4.69, 9.17) is 0 Å². The Morgan fingerprint density at radius 2 is 2.53 bits per heavy atom. The van der Waals surface area contributed by atoms with Gasteiger partial charge in [-0.3, -0.25) is 9.58 Å². The van der Waals surface area contributed by atoms with E-state index in [0.717, 1.165) is 18.8 Å². The highest BCUT2D eigenvalue weighted by Crippen LogP contribution is 2.07. The van der Waals surface area contributed by atoms with Crippen molar-refractivity contribution in [2.24, 2.45) is 7.05 Å². The molecule has 15 heavy (non-hydrogen) atoms. The largest absolute Gasteiger partial charge is 0.313 e. The zero-order valence-electron chi connectivity index (χ0n) is 9.61. The van der Waals surface area contributed by atoms with Crippen molar-refractivity contribution in [2.75, 3.05) is 20.1 Å². The summed E-state index contributed by atoms with van der Waals surface area (Å²) in [5.74, 6) is 0. The second-order valence-electron chi connectivity index (χ2n) is 4.47. The molecule has 1 unspecified atom stereocenters. The summed E-state index contributed by atoms with van der Waals surface area (Å²) in [6.45, 7) is 3.25. The minimum absolute atomic E-state index is 0.679. The Labute approximate surface area is 91.3 Å².